The molecule has 1 aliphatic heterocycles. The van der Waals surface area contributed by atoms with Gasteiger partial charge in [0, 0.05) is 30.5 Å². The van der Waals surface area contributed by atoms with Crippen LogP contribution in [-0.4, -0.2) is 37.4 Å². The summed E-state index contributed by atoms with van der Waals surface area (Å²) in [5, 5.41) is 16.6. The Labute approximate surface area is 140 Å². The Morgan fingerprint density at radius 2 is 2.17 bits per heavy atom. The maximum Gasteiger partial charge on any atom is 0.270 e. The molecule has 0 bridgehead atoms. The van der Waals surface area contributed by atoms with Crippen molar-refractivity contribution < 1.29 is 13.3 Å². The SMILES string of the molecule is CCSC1CCCCN(c2ccc([N+](=O)[O-])cc2S(N)(=O)=O)C1. The molecule has 23 heavy (non-hydrogen) atoms. The summed E-state index contributed by atoms with van der Waals surface area (Å²) in [5.41, 5.74) is 0.189. The lowest BCUT2D eigenvalue weighted by Crippen LogP contribution is -2.31. The lowest BCUT2D eigenvalue weighted by atomic mass is 10.2. The van der Waals surface area contributed by atoms with Crippen LogP contribution in [0.25, 0.3) is 0 Å². The van der Waals surface area contributed by atoms with Crippen LogP contribution in [0.1, 0.15) is 26.2 Å². The molecular formula is C14H21N3O4S2. The number of anilines is 1. The lowest BCUT2D eigenvalue weighted by molar-refractivity contribution is -0.385. The first-order chi connectivity index (χ1) is 10.8. The first-order valence-corrected chi connectivity index (χ1v) is 10.1. The summed E-state index contributed by atoms with van der Waals surface area (Å²) in [6.07, 6.45) is 3.14. The van der Waals surface area contributed by atoms with Gasteiger partial charge < -0.3 is 4.90 Å². The van der Waals surface area contributed by atoms with Gasteiger partial charge in [0.05, 0.1) is 10.6 Å². The molecule has 2 rings (SSSR count). The second-order valence-electron chi connectivity index (χ2n) is 5.47. The molecule has 0 saturated carbocycles. The molecule has 1 aromatic carbocycles. The van der Waals surface area contributed by atoms with Crippen LogP contribution in [0, 0.1) is 10.1 Å². The van der Waals surface area contributed by atoms with Crippen LogP contribution in [0.2, 0.25) is 0 Å². The van der Waals surface area contributed by atoms with E-state index in [2.05, 4.69) is 6.92 Å². The van der Waals surface area contributed by atoms with Crippen molar-refractivity contribution in [2.24, 2.45) is 5.14 Å². The van der Waals surface area contributed by atoms with Gasteiger partial charge in [-0.3, -0.25) is 10.1 Å². The van der Waals surface area contributed by atoms with Crippen molar-refractivity contribution in [3.8, 4) is 0 Å². The summed E-state index contributed by atoms with van der Waals surface area (Å²) in [7, 11) is -4.03. The highest BCUT2D eigenvalue weighted by atomic mass is 32.2. The largest absolute Gasteiger partial charge is 0.369 e. The lowest BCUT2D eigenvalue weighted by Gasteiger charge is -2.27. The minimum absolute atomic E-state index is 0.172. The van der Waals surface area contributed by atoms with E-state index in [-0.39, 0.29) is 10.6 Å². The molecule has 0 aromatic heterocycles. The van der Waals surface area contributed by atoms with E-state index in [1.807, 2.05) is 16.7 Å². The maximum absolute atomic E-state index is 11.9. The molecule has 0 spiro atoms. The highest BCUT2D eigenvalue weighted by Crippen LogP contribution is 2.32. The number of primary sulfonamides is 1. The van der Waals surface area contributed by atoms with Crippen molar-refractivity contribution in [2.45, 2.75) is 36.3 Å². The summed E-state index contributed by atoms with van der Waals surface area (Å²) in [6, 6.07) is 3.88. The Kier molecular flexibility index (Phi) is 5.88. The van der Waals surface area contributed by atoms with Crippen molar-refractivity contribution in [1.82, 2.24) is 0 Å². The number of hydrogen-bond acceptors (Lipinski definition) is 6. The number of nitrogens with two attached hydrogens (primary N) is 1. The van der Waals surface area contributed by atoms with Gasteiger partial charge in [0.25, 0.3) is 5.69 Å². The predicted octanol–water partition coefficient (Wildman–Crippen LogP) is 2.35. The molecule has 1 aromatic rings. The zero-order chi connectivity index (χ0) is 17.0. The van der Waals surface area contributed by atoms with Gasteiger partial charge in [0.2, 0.25) is 10.0 Å². The predicted molar refractivity (Wildman–Crippen MR) is 92.5 cm³/mol. The van der Waals surface area contributed by atoms with Gasteiger partial charge in [-0.05, 0) is 24.7 Å². The van der Waals surface area contributed by atoms with Gasteiger partial charge in [0.15, 0.2) is 0 Å². The molecule has 1 atom stereocenters. The van der Waals surface area contributed by atoms with Gasteiger partial charge in [-0.1, -0.05) is 13.3 Å². The maximum atomic E-state index is 11.9. The molecule has 1 aliphatic rings. The quantitative estimate of drug-likeness (QED) is 0.639. The van der Waals surface area contributed by atoms with Gasteiger partial charge in [-0.15, -0.1) is 0 Å². The highest BCUT2D eigenvalue weighted by molar-refractivity contribution is 7.99. The third kappa shape index (κ3) is 4.58. The molecule has 0 amide bonds. The average Bonchev–Trinajstić information content (AvgIpc) is 2.71. The Hall–Kier alpha value is -1.32. The number of nitro benzene ring substituents is 1. The monoisotopic (exact) mass is 359 g/mol. The van der Waals surface area contributed by atoms with E-state index >= 15 is 0 Å². The van der Waals surface area contributed by atoms with E-state index in [4.69, 9.17) is 5.14 Å². The fraction of sp³-hybridized carbons (Fsp3) is 0.571. The second kappa shape index (κ2) is 7.50. The van der Waals surface area contributed by atoms with E-state index < -0.39 is 14.9 Å². The van der Waals surface area contributed by atoms with Crippen LogP contribution in [-0.2, 0) is 10.0 Å². The zero-order valence-electron chi connectivity index (χ0n) is 13.0. The second-order valence-corrected chi connectivity index (χ2v) is 8.58. The Morgan fingerprint density at radius 1 is 1.43 bits per heavy atom. The molecular weight excluding hydrogens is 338 g/mol. The van der Waals surface area contributed by atoms with Crippen LogP contribution in [0.4, 0.5) is 11.4 Å². The Balaban J connectivity index is 2.42. The highest BCUT2D eigenvalue weighted by Gasteiger charge is 2.25. The first-order valence-electron chi connectivity index (χ1n) is 7.50. The number of nitrogens with zero attached hydrogens (tertiary/aromatic N) is 2. The third-order valence-electron chi connectivity index (χ3n) is 3.83. The van der Waals surface area contributed by atoms with E-state index in [1.54, 1.807) is 0 Å². The Bertz CT molecular complexity index is 679. The molecule has 2 N–H and O–H groups in total. The smallest absolute Gasteiger partial charge is 0.270 e. The van der Waals surface area contributed by atoms with E-state index in [0.29, 0.717) is 10.9 Å². The van der Waals surface area contributed by atoms with Gasteiger partial charge >= 0.3 is 0 Å². The molecule has 1 heterocycles. The van der Waals surface area contributed by atoms with E-state index in [0.717, 1.165) is 44.2 Å². The van der Waals surface area contributed by atoms with Crippen molar-refractivity contribution >= 4 is 33.2 Å². The van der Waals surface area contributed by atoms with Gasteiger partial charge in [0.1, 0.15) is 4.90 Å². The van der Waals surface area contributed by atoms with Crippen molar-refractivity contribution in [3.05, 3.63) is 28.3 Å². The summed E-state index contributed by atoms with van der Waals surface area (Å²) in [6.45, 7) is 3.54. The zero-order valence-corrected chi connectivity index (χ0v) is 14.6. The number of benzene rings is 1. The number of thioether (sulfide) groups is 1. The normalized spacial score (nSPS) is 19.4. The molecule has 128 valence electrons. The van der Waals surface area contributed by atoms with Gasteiger partial charge in [-0.25, -0.2) is 13.6 Å². The van der Waals surface area contributed by atoms with Crippen molar-refractivity contribution in [2.75, 3.05) is 23.7 Å². The van der Waals surface area contributed by atoms with Crippen molar-refractivity contribution in [3.63, 3.8) is 0 Å². The summed E-state index contributed by atoms with van der Waals surface area (Å²) in [4.78, 5) is 12.1. The molecule has 0 aliphatic carbocycles. The third-order valence-corrected chi connectivity index (χ3v) is 5.96. The molecule has 1 fully saturated rings. The minimum atomic E-state index is -4.03. The van der Waals surface area contributed by atoms with Crippen LogP contribution in [0.5, 0.6) is 0 Å². The first kappa shape index (κ1) is 18.0. The fourth-order valence-corrected chi connectivity index (χ4v) is 4.66. The molecule has 0 radical (unpaired) electrons. The number of nitro groups is 1. The Morgan fingerprint density at radius 3 is 2.78 bits per heavy atom. The van der Waals surface area contributed by atoms with E-state index in [1.165, 1.54) is 12.1 Å². The van der Waals surface area contributed by atoms with Crippen LogP contribution >= 0.6 is 11.8 Å². The van der Waals surface area contributed by atoms with Crippen LogP contribution < -0.4 is 10.0 Å². The van der Waals surface area contributed by atoms with Gasteiger partial charge in [-0.2, -0.15) is 11.8 Å². The molecule has 7 nitrogen and oxygen atoms in total. The summed E-state index contributed by atoms with van der Waals surface area (Å²) < 4.78 is 23.8. The van der Waals surface area contributed by atoms with Crippen LogP contribution in [0.15, 0.2) is 23.1 Å². The summed E-state index contributed by atoms with van der Waals surface area (Å²) in [5.74, 6) is 1.00. The standard InChI is InChI=1S/C14H21N3O4S2/c1-2-22-12-5-3-4-8-16(10-12)13-7-6-11(17(18)19)9-14(13)23(15,20)21/h6-7,9,12H,2-5,8,10H2,1H3,(H2,15,20,21). The number of hydrogen-bond donors (Lipinski definition) is 1. The molecule has 9 heteroatoms. The minimum Gasteiger partial charge on any atom is -0.369 e. The fourth-order valence-electron chi connectivity index (χ4n) is 2.80. The number of rotatable bonds is 5. The van der Waals surface area contributed by atoms with Crippen LogP contribution in [0.3, 0.4) is 0 Å². The average molecular weight is 359 g/mol. The van der Waals surface area contributed by atoms with Crippen molar-refractivity contribution in [1.29, 1.82) is 0 Å². The number of non-ortho nitro benzene ring substituents is 1. The van der Waals surface area contributed by atoms with E-state index in [9.17, 15) is 18.5 Å². The number of sulfonamides is 1. The summed E-state index contributed by atoms with van der Waals surface area (Å²) >= 11 is 1.85. The topological polar surface area (TPSA) is 107 Å². The molecule has 1 unspecified atom stereocenters. The molecule has 1 saturated heterocycles.